The maximum Gasteiger partial charge on any atom is 0.401 e. The number of hydrogen-bond acceptors (Lipinski definition) is 4. The highest BCUT2D eigenvalue weighted by Crippen LogP contribution is 2.28. The molecule has 7 nitrogen and oxygen atoms in total. The Labute approximate surface area is 191 Å². The van der Waals surface area contributed by atoms with Crippen molar-refractivity contribution in [3.8, 4) is 0 Å². The molecule has 5 rings (SSSR count). The van der Waals surface area contributed by atoms with Gasteiger partial charge in [0.25, 0.3) is 5.91 Å². The first-order valence-electron chi connectivity index (χ1n) is 10.4. The van der Waals surface area contributed by atoms with E-state index in [1.807, 2.05) is 23.1 Å². The van der Waals surface area contributed by atoms with Crippen LogP contribution in [0.15, 0.2) is 42.6 Å². The van der Waals surface area contributed by atoms with Gasteiger partial charge in [0, 0.05) is 59.4 Å². The van der Waals surface area contributed by atoms with Gasteiger partial charge < -0.3 is 15.2 Å². The molecular weight excluding hydrogens is 457 g/mol. The third kappa shape index (κ3) is 4.49. The summed E-state index contributed by atoms with van der Waals surface area (Å²) in [5, 5.41) is 12.0. The van der Waals surface area contributed by atoms with E-state index in [0.717, 1.165) is 16.6 Å². The van der Waals surface area contributed by atoms with E-state index in [9.17, 15) is 18.0 Å². The number of anilines is 2. The fourth-order valence-corrected chi connectivity index (χ4v) is 4.34. The van der Waals surface area contributed by atoms with E-state index in [0.29, 0.717) is 47.8 Å². The molecule has 0 unspecified atom stereocenters. The maximum absolute atomic E-state index is 12.9. The van der Waals surface area contributed by atoms with Gasteiger partial charge in [0.1, 0.15) is 0 Å². The van der Waals surface area contributed by atoms with Crippen LogP contribution in [0.1, 0.15) is 10.5 Å². The number of amides is 1. The number of aromatic nitrogens is 3. The van der Waals surface area contributed by atoms with Gasteiger partial charge in [-0.15, -0.1) is 0 Å². The fraction of sp³-hybridized carbons (Fsp3) is 0.273. The van der Waals surface area contributed by atoms with Gasteiger partial charge in [-0.05, 0) is 36.4 Å². The molecule has 2 aromatic heterocycles. The average Bonchev–Trinajstić information content (AvgIpc) is 3.37. The minimum atomic E-state index is -4.19. The highest BCUT2D eigenvalue weighted by atomic mass is 35.5. The lowest BCUT2D eigenvalue weighted by atomic mass is 10.1. The van der Waals surface area contributed by atoms with Crippen molar-refractivity contribution < 1.29 is 18.0 Å². The minimum absolute atomic E-state index is 0.253. The van der Waals surface area contributed by atoms with Crippen LogP contribution in [-0.2, 0) is 0 Å². The van der Waals surface area contributed by atoms with E-state index in [4.69, 9.17) is 11.6 Å². The number of nitrogens with one attached hydrogen (secondary N) is 3. The highest BCUT2D eigenvalue weighted by Gasteiger charge is 2.32. The Bertz CT molecular complexity index is 1320. The molecule has 1 fully saturated rings. The summed E-state index contributed by atoms with van der Waals surface area (Å²) in [7, 11) is 0. The lowest BCUT2D eigenvalue weighted by Gasteiger charge is -2.36. The summed E-state index contributed by atoms with van der Waals surface area (Å²) < 4.78 is 37.8. The SMILES string of the molecule is O=C(Nc1c[nH]c2ccc(Cl)cc12)c1n[nH]c2cc(N3CCN(CC(F)(F)F)CC3)ccc12. The number of rotatable bonds is 4. The normalized spacial score (nSPS) is 15.5. The lowest BCUT2D eigenvalue weighted by molar-refractivity contribution is -0.146. The van der Waals surface area contributed by atoms with Crippen LogP contribution in [0.2, 0.25) is 5.02 Å². The smallest absolute Gasteiger partial charge is 0.369 e. The Hall–Kier alpha value is -3.24. The molecular formula is C22H20ClF3N6O. The maximum atomic E-state index is 12.9. The molecule has 172 valence electrons. The molecule has 11 heteroatoms. The van der Waals surface area contributed by atoms with E-state index in [1.165, 1.54) is 4.90 Å². The van der Waals surface area contributed by atoms with Crippen molar-refractivity contribution in [1.29, 1.82) is 0 Å². The molecule has 0 atom stereocenters. The summed E-state index contributed by atoms with van der Waals surface area (Å²) in [6.07, 6.45) is -2.49. The third-order valence-corrected chi connectivity index (χ3v) is 6.03. The van der Waals surface area contributed by atoms with Crippen molar-refractivity contribution in [2.45, 2.75) is 6.18 Å². The molecule has 3 N–H and O–H groups in total. The Balaban J connectivity index is 1.31. The van der Waals surface area contributed by atoms with Gasteiger partial charge in [0.05, 0.1) is 17.7 Å². The van der Waals surface area contributed by atoms with Crippen molar-refractivity contribution >= 4 is 50.7 Å². The summed E-state index contributed by atoms with van der Waals surface area (Å²) in [5.41, 5.74) is 3.25. The number of hydrogen-bond donors (Lipinski definition) is 3. The van der Waals surface area contributed by atoms with Gasteiger partial charge in [-0.2, -0.15) is 18.3 Å². The molecule has 1 aliphatic rings. The van der Waals surface area contributed by atoms with E-state index in [1.54, 1.807) is 24.4 Å². The molecule has 0 aliphatic carbocycles. The summed E-state index contributed by atoms with van der Waals surface area (Å²) >= 11 is 6.08. The number of piperazine rings is 1. The van der Waals surface area contributed by atoms with Crippen molar-refractivity contribution in [2.24, 2.45) is 0 Å². The van der Waals surface area contributed by atoms with Gasteiger partial charge in [-0.3, -0.25) is 14.8 Å². The van der Waals surface area contributed by atoms with Gasteiger partial charge in [-0.25, -0.2) is 0 Å². The van der Waals surface area contributed by atoms with Crippen LogP contribution in [0, 0.1) is 0 Å². The van der Waals surface area contributed by atoms with Crippen molar-refractivity contribution in [3.05, 3.63) is 53.3 Å². The standard InChI is InChI=1S/C22H20ClF3N6O/c23-13-1-4-17-16(9-13)19(11-27-17)28-21(33)20-15-3-2-14(10-18(15)29-30-20)32-7-5-31(6-8-32)12-22(24,25)26/h1-4,9-11,27H,5-8,12H2,(H,28,33)(H,29,30). The topological polar surface area (TPSA) is 80.0 Å². The van der Waals surface area contributed by atoms with Gasteiger partial charge >= 0.3 is 6.18 Å². The summed E-state index contributed by atoms with van der Waals surface area (Å²) in [4.78, 5) is 19.4. The highest BCUT2D eigenvalue weighted by molar-refractivity contribution is 6.31. The number of carbonyl (C=O) groups is 1. The van der Waals surface area contributed by atoms with Crippen LogP contribution < -0.4 is 10.2 Å². The average molecular weight is 477 g/mol. The second-order valence-corrected chi connectivity index (χ2v) is 8.46. The minimum Gasteiger partial charge on any atom is -0.369 e. The molecule has 1 aliphatic heterocycles. The molecule has 2 aromatic carbocycles. The molecule has 0 spiro atoms. The van der Waals surface area contributed by atoms with Crippen LogP contribution in [0.3, 0.4) is 0 Å². The fourth-order valence-electron chi connectivity index (χ4n) is 4.17. The molecule has 1 saturated heterocycles. The largest absolute Gasteiger partial charge is 0.401 e. The quantitative estimate of drug-likeness (QED) is 0.401. The van der Waals surface area contributed by atoms with E-state index < -0.39 is 12.7 Å². The molecule has 33 heavy (non-hydrogen) atoms. The number of aromatic amines is 2. The molecule has 0 saturated carbocycles. The van der Waals surface area contributed by atoms with Gasteiger partial charge in [0.15, 0.2) is 5.69 Å². The molecule has 3 heterocycles. The van der Waals surface area contributed by atoms with E-state index >= 15 is 0 Å². The Morgan fingerprint density at radius 3 is 2.61 bits per heavy atom. The first-order valence-corrected chi connectivity index (χ1v) is 10.7. The second-order valence-electron chi connectivity index (χ2n) is 8.03. The zero-order chi connectivity index (χ0) is 23.2. The number of fused-ring (bicyclic) bond motifs is 2. The van der Waals surface area contributed by atoms with Crippen molar-refractivity contribution in [3.63, 3.8) is 0 Å². The van der Waals surface area contributed by atoms with Crippen LogP contribution in [-0.4, -0.2) is 64.9 Å². The molecule has 0 bridgehead atoms. The number of halogens is 4. The van der Waals surface area contributed by atoms with Gasteiger partial charge in [-0.1, -0.05) is 11.6 Å². The molecule has 0 radical (unpaired) electrons. The third-order valence-electron chi connectivity index (χ3n) is 5.79. The number of benzene rings is 2. The zero-order valence-corrected chi connectivity index (χ0v) is 18.1. The Morgan fingerprint density at radius 2 is 1.85 bits per heavy atom. The van der Waals surface area contributed by atoms with Crippen molar-refractivity contribution in [2.75, 3.05) is 42.9 Å². The second kappa shape index (κ2) is 8.27. The first-order chi connectivity index (χ1) is 15.8. The van der Waals surface area contributed by atoms with Gasteiger partial charge in [0.2, 0.25) is 0 Å². The predicted octanol–water partition coefficient (Wildman–Crippen LogP) is 4.63. The lowest BCUT2D eigenvalue weighted by Crippen LogP contribution is -2.49. The van der Waals surface area contributed by atoms with Crippen LogP contribution >= 0.6 is 11.6 Å². The van der Waals surface area contributed by atoms with Crippen molar-refractivity contribution in [1.82, 2.24) is 20.1 Å². The summed E-state index contributed by atoms with van der Waals surface area (Å²) in [6.45, 7) is 0.769. The first kappa shape index (κ1) is 21.6. The van der Waals surface area contributed by atoms with Crippen LogP contribution in [0.4, 0.5) is 24.5 Å². The zero-order valence-electron chi connectivity index (χ0n) is 17.3. The van der Waals surface area contributed by atoms with E-state index in [-0.39, 0.29) is 11.6 Å². The van der Waals surface area contributed by atoms with E-state index in [2.05, 4.69) is 20.5 Å². The monoisotopic (exact) mass is 476 g/mol. The molecule has 1 amide bonds. The number of alkyl halides is 3. The Kier molecular flexibility index (Phi) is 5.41. The van der Waals surface area contributed by atoms with Crippen LogP contribution in [0.5, 0.6) is 0 Å². The Morgan fingerprint density at radius 1 is 1.06 bits per heavy atom. The van der Waals surface area contributed by atoms with Crippen LogP contribution in [0.25, 0.3) is 21.8 Å². The summed E-state index contributed by atoms with van der Waals surface area (Å²) in [5.74, 6) is -0.365. The number of H-pyrrole nitrogens is 2. The number of carbonyl (C=O) groups excluding carboxylic acids is 1. The predicted molar refractivity (Wildman–Crippen MR) is 122 cm³/mol. The molecule has 4 aromatic rings. The summed E-state index contributed by atoms with van der Waals surface area (Å²) in [6, 6.07) is 10.9. The number of nitrogens with zero attached hydrogens (tertiary/aromatic N) is 3.